The predicted octanol–water partition coefficient (Wildman–Crippen LogP) is 8.50. The van der Waals surface area contributed by atoms with Crippen molar-refractivity contribution in [1.29, 1.82) is 0 Å². The first-order chi connectivity index (χ1) is 18.3. The highest BCUT2D eigenvalue weighted by atomic mass is 28.4. The van der Waals surface area contributed by atoms with Gasteiger partial charge in [0.2, 0.25) is 0 Å². The second kappa shape index (κ2) is 11.6. The zero-order chi connectivity index (χ0) is 28.5. The molecule has 1 saturated carbocycles. The van der Waals surface area contributed by atoms with Crippen molar-refractivity contribution in [2.75, 3.05) is 6.61 Å². The van der Waals surface area contributed by atoms with Crippen LogP contribution in [0, 0.1) is 17.8 Å². The Labute approximate surface area is 241 Å². The van der Waals surface area contributed by atoms with Crippen molar-refractivity contribution in [3.63, 3.8) is 0 Å². The summed E-state index contributed by atoms with van der Waals surface area (Å²) in [6.45, 7) is 22.0. The Hall–Kier alpha value is -1.73. The van der Waals surface area contributed by atoms with Crippen LogP contribution < -0.4 is 10.4 Å². The van der Waals surface area contributed by atoms with Gasteiger partial charge in [0.1, 0.15) is 0 Å². The molecule has 0 spiro atoms. The maximum atomic E-state index is 7.30. The first-order valence-electron chi connectivity index (χ1n) is 15.1. The molecule has 2 aliphatic rings. The van der Waals surface area contributed by atoms with E-state index in [9.17, 15) is 0 Å². The van der Waals surface area contributed by atoms with E-state index in [0.717, 1.165) is 13.0 Å². The lowest BCUT2D eigenvalue weighted by atomic mass is 9.93. The number of allylic oxidation sites excluding steroid dienone is 2. The Balaban J connectivity index is 1.56. The van der Waals surface area contributed by atoms with Gasteiger partial charge in [0.05, 0.1) is 0 Å². The molecule has 2 aromatic carbocycles. The molecular weight excluding hydrogens is 509 g/mol. The van der Waals surface area contributed by atoms with Gasteiger partial charge in [0.15, 0.2) is 8.32 Å². The van der Waals surface area contributed by atoms with Crippen LogP contribution in [0.5, 0.6) is 0 Å². The second-order valence-electron chi connectivity index (χ2n) is 14.4. The van der Waals surface area contributed by atoms with E-state index in [1.54, 1.807) is 5.57 Å². The highest BCUT2D eigenvalue weighted by Gasteiger charge is 2.50. The third-order valence-corrected chi connectivity index (χ3v) is 19.3. The minimum atomic E-state index is -2.52. The minimum absolute atomic E-state index is 0.000730. The van der Waals surface area contributed by atoms with Gasteiger partial charge in [-0.05, 0) is 65.6 Å². The van der Waals surface area contributed by atoms with E-state index >= 15 is 0 Å². The quantitative estimate of drug-likeness (QED) is 0.238. The molecule has 2 aliphatic carbocycles. The molecule has 0 saturated heterocycles. The van der Waals surface area contributed by atoms with Gasteiger partial charge in [-0.25, -0.2) is 0 Å². The average Bonchev–Trinajstić information content (AvgIpc) is 3.17. The molecule has 0 amide bonds. The van der Waals surface area contributed by atoms with Crippen molar-refractivity contribution in [2.24, 2.45) is 17.8 Å². The molecule has 4 heteroatoms. The van der Waals surface area contributed by atoms with Crippen molar-refractivity contribution in [1.82, 2.24) is 0 Å². The van der Waals surface area contributed by atoms with Crippen LogP contribution in [-0.4, -0.2) is 29.3 Å². The molecule has 39 heavy (non-hydrogen) atoms. The van der Waals surface area contributed by atoms with Crippen LogP contribution in [0.3, 0.4) is 0 Å². The maximum Gasteiger partial charge on any atom is 0.261 e. The maximum absolute atomic E-state index is 7.30. The molecular formula is C35H52O2Si2. The molecule has 4 atom stereocenters. The van der Waals surface area contributed by atoms with Crippen molar-refractivity contribution < 1.29 is 8.85 Å². The summed E-state index contributed by atoms with van der Waals surface area (Å²) < 4.78 is 14.2. The van der Waals surface area contributed by atoms with Crippen LogP contribution in [0.25, 0.3) is 0 Å². The lowest BCUT2D eigenvalue weighted by molar-refractivity contribution is 0.153. The van der Waals surface area contributed by atoms with Crippen LogP contribution in [0.1, 0.15) is 67.7 Å². The van der Waals surface area contributed by atoms with Gasteiger partial charge in [-0.2, -0.15) is 0 Å². The second-order valence-corrected chi connectivity index (χ2v) is 23.5. The summed E-state index contributed by atoms with van der Waals surface area (Å²) >= 11 is 0. The average molecular weight is 561 g/mol. The van der Waals surface area contributed by atoms with E-state index in [4.69, 9.17) is 8.85 Å². The summed E-state index contributed by atoms with van der Waals surface area (Å²) in [6.07, 6.45) is 11.3. The molecule has 0 N–H and O–H groups in total. The predicted molar refractivity (Wildman–Crippen MR) is 173 cm³/mol. The molecule has 0 unspecified atom stereocenters. The van der Waals surface area contributed by atoms with Crippen molar-refractivity contribution in [2.45, 2.75) is 97.0 Å². The molecule has 0 aromatic heterocycles. The van der Waals surface area contributed by atoms with Gasteiger partial charge in [-0.15, -0.1) is 0 Å². The largest absolute Gasteiger partial charge is 0.414 e. The molecule has 0 heterocycles. The smallest absolute Gasteiger partial charge is 0.261 e. The number of hydrogen-bond donors (Lipinski definition) is 0. The fraction of sp³-hybridized carbons (Fsp3) is 0.543. The van der Waals surface area contributed by atoms with Crippen LogP contribution >= 0.6 is 0 Å². The monoisotopic (exact) mass is 560 g/mol. The molecule has 4 rings (SSSR count). The van der Waals surface area contributed by atoms with E-state index in [-0.39, 0.29) is 16.2 Å². The lowest BCUT2D eigenvalue weighted by Gasteiger charge is -2.43. The number of fused-ring (bicyclic) bond motifs is 1. The first-order valence-corrected chi connectivity index (χ1v) is 19.9. The van der Waals surface area contributed by atoms with Gasteiger partial charge >= 0.3 is 0 Å². The Bertz CT molecular complexity index is 1100. The van der Waals surface area contributed by atoms with Gasteiger partial charge in [-0.3, -0.25) is 0 Å². The molecule has 2 aromatic rings. The van der Waals surface area contributed by atoms with E-state index in [1.165, 1.54) is 23.2 Å². The van der Waals surface area contributed by atoms with Crippen LogP contribution in [0.4, 0.5) is 0 Å². The summed E-state index contributed by atoms with van der Waals surface area (Å²) in [5.41, 5.74) is 1.62. The molecule has 1 fully saturated rings. The topological polar surface area (TPSA) is 18.5 Å². The molecule has 0 radical (unpaired) electrons. The highest BCUT2D eigenvalue weighted by molar-refractivity contribution is 6.99. The SMILES string of the molecule is C[C@@H](O[Si](C)(C)C(C)(C)C)[C@@H]1CC[C@H]2C=C[C@H](CO[Si](c3ccccc3)(c3ccccc3)C(C)(C)C)CC=C21. The van der Waals surface area contributed by atoms with Gasteiger partial charge in [-0.1, -0.05) is 126 Å². The summed E-state index contributed by atoms with van der Waals surface area (Å²) in [5, 5.41) is 2.95. The van der Waals surface area contributed by atoms with Crippen LogP contribution in [-0.2, 0) is 8.85 Å². The highest BCUT2D eigenvalue weighted by Crippen LogP contribution is 2.45. The van der Waals surface area contributed by atoms with Crippen LogP contribution in [0.15, 0.2) is 84.5 Å². The molecule has 2 nitrogen and oxygen atoms in total. The minimum Gasteiger partial charge on any atom is -0.414 e. The number of hydrogen-bond acceptors (Lipinski definition) is 2. The molecule has 0 aliphatic heterocycles. The third-order valence-electron chi connectivity index (χ3n) is 9.70. The Kier molecular flexibility index (Phi) is 9.02. The lowest BCUT2D eigenvalue weighted by Crippen LogP contribution is -2.66. The number of rotatable bonds is 8. The van der Waals surface area contributed by atoms with Crippen molar-refractivity contribution in [3.05, 3.63) is 84.5 Å². The molecule has 0 bridgehead atoms. The number of benzene rings is 2. The Morgan fingerprint density at radius 3 is 1.87 bits per heavy atom. The van der Waals surface area contributed by atoms with E-state index in [1.807, 2.05) is 0 Å². The van der Waals surface area contributed by atoms with E-state index in [2.05, 4.69) is 140 Å². The first kappa shape index (κ1) is 30.2. The van der Waals surface area contributed by atoms with Crippen LogP contribution in [0.2, 0.25) is 23.2 Å². The normalized spacial score (nSPS) is 23.2. The van der Waals surface area contributed by atoms with Gasteiger partial charge in [0.25, 0.3) is 8.32 Å². The van der Waals surface area contributed by atoms with E-state index < -0.39 is 16.6 Å². The Morgan fingerprint density at radius 2 is 1.36 bits per heavy atom. The van der Waals surface area contributed by atoms with Crippen molar-refractivity contribution >= 4 is 27.0 Å². The standard InChI is InChI=1S/C35H52O2Si2/c1-27(37-38(8,9)34(2,3)4)32-25-23-29-22-20-28(21-24-33(29)32)26-36-39(35(5,6)7,30-16-12-10-13-17-30)31-18-14-11-15-19-31/h10-20,22,24,27-29,32H,21,23,25-26H2,1-9H3/t27-,28+,29-,32+/m1/s1. The summed E-state index contributed by atoms with van der Waals surface area (Å²) in [7, 11) is -4.32. The van der Waals surface area contributed by atoms with E-state index in [0.29, 0.717) is 17.8 Å². The Morgan fingerprint density at radius 1 is 0.795 bits per heavy atom. The summed E-state index contributed by atoms with van der Waals surface area (Å²) in [4.78, 5) is 0. The van der Waals surface area contributed by atoms with Gasteiger partial charge < -0.3 is 8.85 Å². The molecule has 212 valence electrons. The summed E-state index contributed by atoms with van der Waals surface area (Å²) in [6, 6.07) is 22.0. The fourth-order valence-electron chi connectivity index (χ4n) is 6.48. The van der Waals surface area contributed by atoms with Crippen molar-refractivity contribution in [3.8, 4) is 0 Å². The fourth-order valence-corrected chi connectivity index (χ4v) is 12.5. The summed E-state index contributed by atoms with van der Waals surface area (Å²) in [5.74, 6) is 1.48. The zero-order valence-electron chi connectivity index (χ0n) is 26.0. The zero-order valence-corrected chi connectivity index (χ0v) is 28.0. The third kappa shape index (κ3) is 6.29. The van der Waals surface area contributed by atoms with Gasteiger partial charge in [0, 0.05) is 24.5 Å².